The Morgan fingerprint density at radius 3 is 2.69 bits per heavy atom. The number of urea groups is 1. The molecule has 1 saturated heterocycles. The number of hydrogen-bond donors (Lipinski definition) is 3. The number of hydrogen-bond acceptors (Lipinski definition) is 2. The summed E-state index contributed by atoms with van der Waals surface area (Å²) >= 11 is 0. The molecule has 1 rings (SSSR count). The van der Waals surface area contributed by atoms with Crippen LogP contribution in [-0.2, 0) is 0 Å². The average Bonchev–Trinajstić information content (AvgIpc) is 2.65. The summed E-state index contributed by atoms with van der Waals surface area (Å²) in [5.41, 5.74) is 0. The Morgan fingerprint density at radius 1 is 1.31 bits per heavy atom. The molecule has 0 unspecified atom stereocenters. The normalized spacial score (nSPS) is 24.4. The number of carbonyl (C=O) groups excluding carboxylic acids is 1. The highest BCUT2D eigenvalue weighted by atomic mass is 16.2. The summed E-state index contributed by atoms with van der Waals surface area (Å²) in [5.74, 6) is 1.46. The third kappa shape index (κ3) is 4.84. The van der Waals surface area contributed by atoms with Crippen LogP contribution >= 0.6 is 0 Å². The van der Waals surface area contributed by atoms with Crippen LogP contribution < -0.4 is 16.0 Å². The molecule has 3 N–H and O–H groups in total. The molecule has 4 nitrogen and oxygen atoms in total. The van der Waals surface area contributed by atoms with Gasteiger partial charge in [0.05, 0.1) is 0 Å². The van der Waals surface area contributed by atoms with E-state index in [1.807, 2.05) is 0 Å². The molecule has 16 heavy (non-hydrogen) atoms. The first-order valence-electron chi connectivity index (χ1n) is 6.46. The summed E-state index contributed by atoms with van der Waals surface area (Å²) in [7, 11) is 0. The molecule has 0 aromatic heterocycles. The maximum absolute atomic E-state index is 11.3. The van der Waals surface area contributed by atoms with Crippen LogP contribution in [0.25, 0.3) is 0 Å². The second-order valence-electron chi connectivity index (χ2n) is 4.72. The molecule has 2 atom stereocenters. The van der Waals surface area contributed by atoms with E-state index in [0.717, 1.165) is 57.3 Å². The lowest BCUT2D eigenvalue weighted by atomic mass is 9.95. The van der Waals surface area contributed by atoms with Gasteiger partial charge in [-0.25, -0.2) is 4.79 Å². The minimum Gasteiger partial charge on any atom is -0.338 e. The third-order valence-electron chi connectivity index (χ3n) is 3.29. The zero-order valence-electron chi connectivity index (χ0n) is 10.5. The van der Waals surface area contributed by atoms with Gasteiger partial charge in [0.25, 0.3) is 0 Å². The SMILES string of the molecule is CCCCNC(=O)NCC[C@@H]1CNC[C@H]1C. The van der Waals surface area contributed by atoms with E-state index >= 15 is 0 Å². The summed E-state index contributed by atoms with van der Waals surface area (Å²) in [6.45, 7) is 8.17. The highest BCUT2D eigenvalue weighted by molar-refractivity contribution is 5.73. The summed E-state index contributed by atoms with van der Waals surface area (Å²) in [6, 6.07) is -0.0212. The second kappa shape index (κ2) is 7.49. The zero-order chi connectivity index (χ0) is 11.8. The predicted molar refractivity (Wildman–Crippen MR) is 66.5 cm³/mol. The highest BCUT2D eigenvalue weighted by Gasteiger charge is 2.22. The van der Waals surface area contributed by atoms with Gasteiger partial charge in [-0.05, 0) is 37.8 Å². The van der Waals surface area contributed by atoms with E-state index in [2.05, 4.69) is 29.8 Å². The Balaban J connectivity index is 1.99. The molecule has 1 aliphatic rings. The Morgan fingerprint density at radius 2 is 2.06 bits per heavy atom. The number of rotatable bonds is 6. The van der Waals surface area contributed by atoms with Gasteiger partial charge in [0.15, 0.2) is 0 Å². The van der Waals surface area contributed by atoms with Gasteiger partial charge in [-0.2, -0.15) is 0 Å². The molecule has 0 radical (unpaired) electrons. The smallest absolute Gasteiger partial charge is 0.314 e. The van der Waals surface area contributed by atoms with Crippen LogP contribution in [0.5, 0.6) is 0 Å². The first-order valence-corrected chi connectivity index (χ1v) is 6.46. The first kappa shape index (κ1) is 13.3. The van der Waals surface area contributed by atoms with Crippen LogP contribution in [0.2, 0.25) is 0 Å². The third-order valence-corrected chi connectivity index (χ3v) is 3.29. The number of nitrogens with one attached hydrogen (secondary N) is 3. The van der Waals surface area contributed by atoms with Crippen molar-refractivity contribution in [2.75, 3.05) is 26.2 Å². The van der Waals surface area contributed by atoms with Crippen molar-refractivity contribution in [3.8, 4) is 0 Å². The number of amides is 2. The number of carbonyl (C=O) groups is 1. The Labute approximate surface area is 98.6 Å². The molecule has 0 saturated carbocycles. The monoisotopic (exact) mass is 227 g/mol. The summed E-state index contributed by atoms with van der Waals surface area (Å²) < 4.78 is 0. The Hall–Kier alpha value is -0.770. The number of unbranched alkanes of at least 4 members (excludes halogenated alkanes) is 1. The van der Waals surface area contributed by atoms with Crippen molar-refractivity contribution in [2.24, 2.45) is 11.8 Å². The van der Waals surface area contributed by atoms with Gasteiger partial charge < -0.3 is 16.0 Å². The molecule has 1 aliphatic heterocycles. The van der Waals surface area contributed by atoms with E-state index < -0.39 is 0 Å². The van der Waals surface area contributed by atoms with Crippen LogP contribution in [-0.4, -0.2) is 32.2 Å². The van der Waals surface area contributed by atoms with E-state index in [1.165, 1.54) is 0 Å². The van der Waals surface area contributed by atoms with Crippen LogP contribution in [0.4, 0.5) is 4.79 Å². The summed E-state index contributed by atoms with van der Waals surface area (Å²) in [4.78, 5) is 11.3. The van der Waals surface area contributed by atoms with E-state index in [9.17, 15) is 4.79 Å². The molecule has 0 spiro atoms. The topological polar surface area (TPSA) is 53.2 Å². The van der Waals surface area contributed by atoms with Crippen molar-refractivity contribution in [3.63, 3.8) is 0 Å². The molecule has 1 heterocycles. The van der Waals surface area contributed by atoms with Gasteiger partial charge in [-0.3, -0.25) is 0 Å². The second-order valence-corrected chi connectivity index (χ2v) is 4.72. The largest absolute Gasteiger partial charge is 0.338 e. The molecule has 0 bridgehead atoms. The van der Waals surface area contributed by atoms with Gasteiger partial charge in [-0.15, -0.1) is 0 Å². The van der Waals surface area contributed by atoms with Crippen molar-refractivity contribution >= 4 is 6.03 Å². The van der Waals surface area contributed by atoms with E-state index in [4.69, 9.17) is 0 Å². The van der Waals surface area contributed by atoms with Gasteiger partial charge in [-0.1, -0.05) is 20.3 Å². The molecule has 2 amide bonds. The fraction of sp³-hybridized carbons (Fsp3) is 0.917. The predicted octanol–water partition coefficient (Wildman–Crippen LogP) is 1.33. The van der Waals surface area contributed by atoms with Crippen molar-refractivity contribution < 1.29 is 4.79 Å². The lowest BCUT2D eigenvalue weighted by molar-refractivity contribution is 0.239. The molecule has 1 fully saturated rings. The summed E-state index contributed by atoms with van der Waals surface area (Å²) in [5, 5.41) is 9.14. The highest BCUT2D eigenvalue weighted by Crippen LogP contribution is 2.18. The molecule has 4 heteroatoms. The maximum Gasteiger partial charge on any atom is 0.314 e. The van der Waals surface area contributed by atoms with Crippen LogP contribution in [0.15, 0.2) is 0 Å². The lowest BCUT2D eigenvalue weighted by Gasteiger charge is -2.14. The van der Waals surface area contributed by atoms with Gasteiger partial charge in [0.2, 0.25) is 0 Å². The molecule has 94 valence electrons. The standard InChI is InChI=1S/C12H25N3O/c1-3-4-6-14-12(16)15-7-5-11-9-13-8-10(11)2/h10-11,13H,3-9H2,1-2H3,(H2,14,15,16)/t10-,11-/m1/s1. The summed E-state index contributed by atoms with van der Waals surface area (Å²) in [6.07, 6.45) is 3.25. The fourth-order valence-electron chi connectivity index (χ4n) is 2.06. The molecular formula is C12H25N3O. The zero-order valence-corrected chi connectivity index (χ0v) is 10.5. The quantitative estimate of drug-likeness (QED) is 0.600. The molecule has 0 aliphatic carbocycles. The lowest BCUT2D eigenvalue weighted by Crippen LogP contribution is -2.37. The van der Waals surface area contributed by atoms with E-state index in [-0.39, 0.29) is 6.03 Å². The molecule has 0 aromatic carbocycles. The van der Waals surface area contributed by atoms with Gasteiger partial charge in [0.1, 0.15) is 0 Å². The minimum atomic E-state index is -0.0212. The fourth-order valence-corrected chi connectivity index (χ4v) is 2.06. The minimum absolute atomic E-state index is 0.0212. The van der Waals surface area contributed by atoms with Crippen molar-refractivity contribution in [1.82, 2.24) is 16.0 Å². The Kier molecular flexibility index (Phi) is 6.23. The van der Waals surface area contributed by atoms with Crippen molar-refractivity contribution in [1.29, 1.82) is 0 Å². The molecule has 0 aromatic rings. The Bertz CT molecular complexity index is 208. The van der Waals surface area contributed by atoms with E-state index in [1.54, 1.807) is 0 Å². The maximum atomic E-state index is 11.3. The van der Waals surface area contributed by atoms with Gasteiger partial charge >= 0.3 is 6.03 Å². The average molecular weight is 227 g/mol. The van der Waals surface area contributed by atoms with E-state index in [0.29, 0.717) is 0 Å². The molecular weight excluding hydrogens is 202 g/mol. The first-order chi connectivity index (χ1) is 7.74. The van der Waals surface area contributed by atoms with Crippen LogP contribution in [0.3, 0.4) is 0 Å². The van der Waals surface area contributed by atoms with Crippen molar-refractivity contribution in [3.05, 3.63) is 0 Å². The van der Waals surface area contributed by atoms with Crippen LogP contribution in [0, 0.1) is 11.8 Å². The van der Waals surface area contributed by atoms with Crippen LogP contribution in [0.1, 0.15) is 33.1 Å². The van der Waals surface area contributed by atoms with Crippen molar-refractivity contribution in [2.45, 2.75) is 33.1 Å². The van der Waals surface area contributed by atoms with Gasteiger partial charge in [0, 0.05) is 13.1 Å².